The molecular weight excluding hydrogens is 360 g/mol. The molecule has 0 atom stereocenters. The molecule has 0 bridgehead atoms. The number of hydrogen-bond acceptors (Lipinski definition) is 4. The highest BCUT2D eigenvalue weighted by Crippen LogP contribution is 2.25. The average Bonchev–Trinajstić information content (AvgIpc) is 2.77. The molecule has 5 nitrogen and oxygen atoms in total. The minimum Gasteiger partial charge on any atom is -0.352 e. The zero-order valence-corrected chi connectivity index (χ0v) is 17.2. The highest BCUT2D eigenvalue weighted by atomic mass is 16.2. The van der Waals surface area contributed by atoms with Crippen molar-refractivity contribution in [2.45, 2.75) is 20.8 Å². The van der Waals surface area contributed by atoms with E-state index in [1.165, 1.54) is 16.7 Å². The summed E-state index contributed by atoms with van der Waals surface area (Å²) in [7, 11) is 0. The fourth-order valence-corrected chi connectivity index (χ4v) is 3.78. The Balaban J connectivity index is 1.43. The van der Waals surface area contributed by atoms with Crippen LogP contribution in [0.15, 0.2) is 54.6 Å². The summed E-state index contributed by atoms with van der Waals surface area (Å²) in [6.07, 6.45) is 0. The molecule has 1 aliphatic heterocycles. The Morgan fingerprint density at radius 3 is 2.14 bits per heavy atom. The summed E-state index contributed by atoms with van der Waals surface area (Å²) in [5, 5.41) is 8.96. The standard InChI is InChI=1S/C24H26N4O/c1-17-15-19(3)21(16-18(17)2)22-9-10-23(26-25-22)27-11-13-28(14-12-27)24(29)20-7-5-4-6-8-20/h4-10,15-16H,11-14H2,1-3H3. The molecular formula is C24H26N4O. The van der Waals surface area contributed by atoms with Crippen molar-refractivity contribution < 1.29 is 4.79 Å². The number of nitrogens with zero attached hydrogens (tertiary/aromatic N) is 4. The number of amides is 1. The summed E-state index contributed by atoms with van der Waals surface area (Å²) in [5.74, 6) is 0.957. The van der Waals surface area contributed by atoms with Crippen LogP contribution in [0.25, 0.3) is 11.3 Å². The maximum Gasteiger partial charge on any atom is 0.253 e. The van der Waals surface area contributed by atoms with Gasteiger partial charge in [0.05, 0.1) is 5.69 Å². The van der Waals surface area contributed by atoms with Crippen molar-refractivity contribution in [1.29, 1.82) is 0 Å². The van der Waals surface area contributed by atoms with Gasteiger partial charge in [0, 0.05) is 37.3 Å². The lowest BCUT2D eigenvalue weighted by molar-refractivity contribution is 0.0746. The summed E-state index contributed by atoms with van der Waals surface area (Å²) in [6.45, 7) is 9.26. The molecule has 0 saturated carbocycles. The van der Waals surface area contributed by atoms with E-state index in [1.807, 2.05) is 47.4 Å². The normalized spacial score (nSPS) is 14.2. The van der Waals surface area contributed by atoms with E-state index in [1.54, 1.807) is 0 Å². The molecule has 2 aromatic carbocycles. The van der Waals surface area contributed by atoms with E-state index in [0.717, 1.165) is 35.7 Å². The van der Waals surface area contributed by atoms with Crippen LogP contribution < -0.4 is 4.90 Å². The van der Waals surface area contributed by atoms with Crippen molar-refractivity contribution in [1.82, 2.24) is 15.1 Å². The van der Waals surface area contributed by atoms with Gasteiger partial charge in [0.2, 0.25) is 0 Å². The third-order valence-electron chi connectivity index (χ3n) is 5.68. The van der Waals surface area contributed by atoms with E-state index in [2.05, 4.69) is 48.0 Å². The highest BCUT2D eigenvalue weighted by Gasteiger charge is 2.23. The molecule has 4 rings (SSSR count). The predicted octanol–water partition coefficient (Wildman–Crippen LogP) is 4.03. The molecule has 1 amide bonds. The fourth-order valence-electron chi connectivity index (χ4n) is 3.78. The van der Waals surface area contributed by atoms with Gasteiger partial charge in [-0.25, -0.2) is 0 Å². The number of anilines is 1. The molecule has 0 N–H and O–H groups in total. The van der Waals surface area contributed by atoms with Crippen LogP contribution in [0.3, 0.4) is 0 Å². The van der Waals surface area contributed by atoms with Crippen molar-refractivity contribution in [2.24, 2.45) is 0 Å². The number of aromatic nitrogens is 2. The van der Waals surface area contributed by atoms with E-state index in [4.69, 9.17) is 0 Å². The summed E-state index contributed by atoms with van der Waals surface area (Å²) in [6, 6.07) is 17.9. The van der Waals surface area contributed by atoms with E-state index >= 15 is 0 Å². The molecule has 0 radical (unpaired) electrons. The molecule has 3 aromatic rings. The van der Waals surface area contributed by atoms with Gasteiger partial charge < -0.3 is 9.80 Å². The number of piperazine rings is 1. The second-order valence-corrected chi connectivity index (χ2v) is 7.67. The molecule has 0 unspecified atom stereocenters. The van der Waals surface area contributed by atoms with Gasteiger partial charge >= 0.3 is 0 Å². The van der Waals surface area contributed by atoms with Crippen molar-refractivity contribution >= 4 is 11.7 Å². The Labute approximate surface area is 172 Å². The lowest BCUT2D eigenvalue weighted by Gasteiger charge is -2.35. The molecule has 1 fully saturated rings. The smallest absolute Gasteiger partial charge is 0.253 e. The van der Waals surface area contributed by atoms with Crippen LogP contribution in [-0.4, -0.2) is 47.2 Å². The Bertz CT molecular complexity index is 1010. The number of benzene rings is 2. The molecule has 148 valence electrons. The Morgan fingerprint density at radius 2 is 1.48 bits per heavy atom. The van der Waals surface area contributed by atoms with Crippen molar-refractivity contribution in [2.75, 3.05) is 31.1 Å². The van der Waals surface area contributed by atoms with Gasteiger partial charge in [-0.05, 0) is 67.8 Å². The van der Waals surface area contributed by atoms with Gasteiger partial charge in [-0.2, -0.15) is 0 Å². The molecule has 0 spiro atoms. The first kappa shape index (κ1) is 19.1. The van der Waals surface area contributed by atoms with Gasteiger partial charge in [0.25, 0.3) is 5.91 Å². The van der Waals surface area contributed by atoms with Gasteiger partial charge in [0.15, 0.2) is 5.82 Å². The average molecular weight is 386 g/mol. The zero-order chi connectivity index (χ0) is 20.4. The predicted molar refractivity (Wildman–Crippen MR) is 116 cm³/mol. The van der Waals surface area contributed by atoms with E-state index in [9.17, 15) is 4.79 Å². The van der Waals surface area contributed by atoms with Gasteiger partial charge in [-0.3, -0.25) is 4.79 Å². The third-order valence-corrected chi connectivity index (χ3v) is 5.68. The van der Waals surface area contributed by atoms with Crippen molar-refractivity contribution in [3.05, 3.63) is 76.9 Å². The van der Waals surface area contributed by atoms with Gasteiger partial charge in [0.1, 0.15) is 0 Å². The number of rotatable bonds is 3. The summed E-state index contributed by atoms with van der Waals surface area (Å²) >= 11 is 0. The summed E-state index contributed by atoms with van der Waals surface area (Å²) in [5.41, 5.74) is 6.53. The van der Waals surface area contributed by atoms with Crippen molar-refractivity contribution in [3.63, 3.8) is 0 Å². The van der Waals surface area contributed by atoms with Crippen LogP contribution in [-0.2, 0) is 0 Å². The van der Waals surface area contributed by atoms with E-state index in [-0.39, 0.29) is 5.91 Å². The number of hydrogen-bond donors (Lipinski definition) is 0. The molecule has 5 heteroatoms. The van der Waals surface area contributed by atoms with Crippen LogP contribution in [0, 0.1) is 20.8 Å². The maximum absolute atomic E-state index is 12.6. The van der Waals surface area contributed by atoms with Crippen LogP contribution in [0.4, 0.5) is 5.82 Å². The van der Waals surface area contributed by atoms with E-state index in [0.29, 0.717) is 13.1 Å². The molecule has 1 saturated heterocycles. The molecule has 29 heavy (non-hydrogen) atoms. The first-order chi connectivity index (χ1) is 14.0. The number of carbonyl (C=O) groups is 1. The minimum atomic E-state index is 0.0944. The quantitative estimate of drug-likeness (QED) is 0.682. The largest absolute Gasteiger partial charge is 0.352 e. The van der Waals surface area contributed by atoms with Crippen molar-refractivity contribution in [3.8, 4) is 11.3 Å². The Morgan fingerprint density at radius 1 is 0.793 bits per heavy atom. The monoisotopic (exact) mass is 386 g/mol. The zero-order valence-electron chi connectivity index (χ0n) is 17.2. The highest BCUT2D eigenvalue weighted by molar-refractivity contribution is 5.94. The lowest BCUT2D eigenvalue weighted by atomic mass is 9.99. The number of carbonyl (C=O) groups excluding carboxylic acids is 1. The second-order valence-electron chi connectivity index (χ2n) is 7.67. The topological polar surface area (TPSA) is 49.3 Å². The Kier molecular flexibility index (Phi) is 5.30. The van der Waals surface area contributed by atoms with Gasteiger partial charge in [-0.15, -0.1) is 10.2 Å². The van der Waals surface area contributed by atoms with Crippen LogP contribution >= 0.6 is 0 Å². The molecule has 1 aliphatic rings. The lowest BCUT2D eigenvalue weighted by Crippen LogP contribution is -2.49. The van der Waals surface area contributed by atoms with Crippen LogP contribution in [0.5, 0.6) is 0 Å². The van der Waals surface area contributed by atoms with Crippen LogP contribution in [0.1, 0.15) is 27.0 Å². The third kappa shape index (κ3) is 3.99. The maximum atomic E-state index is 12.6. The first-order valence-corrected chi connectivity index (χ1v) is 10.0. The summed E-state index contributed by atoms with van der Waals surface area (Å²) < 4.78 is 0. The summed E-state index contributed by atoms with van der Waals surface area (Å²) in [4.78, 5) is 16.7. The first-order valence-electron chi connectivity index (χ1n) is 10.0. The molecule has 0 aliphatic carbocycles. The van der Waals surface area contributed by atoms with E-state index < -0.39 is 0 Å². The SMILES string of the molecule is Cc1cc(C)c(-c2ccc(N3CCN(C(=O)c4ccccc4)CC3)nn2)cc1C. The molecule has 1 aromatic heterocycles. The minimum absolute atomic E-state index is 0.0944. The second kappa shape index (κ2) is 8.03. The number of aryl methyl sites for hydroxylation is 3. The molecule has 2 heterocycles. The van der Waals surface area contributed by atoms with Gasteiger partial charge in [-0.1, -0.05) is 24.3 Å². The van der Waals surface area contributed by atoms with Crippen LogP contribution in [0.2, 0.25) is 0 Å². The Hall–Kier alpha value is -3.21. The fraction of sp³-hybridized carbons (Fsp3) is 0.292.